The summed E-state index contributed by atoms with van der Waals surface area (Å²) in [5, 5.41) is 8.33. The Balaban J connectivity index is 0.00000208. The lowest BCUT2D eigenvalue weighted by molar-refractivity contribution is -0.119. The molecule has 1 aliphatic carbocycles. The van der Waals surface area contributed by atoms with Crippen molar-refractivity contribution in [3.8, 4) is 0 Å². The second-order valence-corrected chi connectivity index (χ2v) is 6.65. The van der Waals surface area contributed by atoms with Crippen molar-refractivity contribution < 1.29 is 4.79 Å². The van der Waals surface area contributed by atoms with Gasteiger partial charge in [-0.2, -0.15) is 5.10 Å². The van der Waals surface area contributed by atoms with E-state index < -0.39 is 0 Å². The Kier molecular flexibility index (Phi) is 6.52. The molecule has 1 amide bonds. The average molecular weight is 390 g/mol. The minimum Gasteiger partial charge on any atom is -0.328 e. The molecule has 3 rings (SSSR count). The molecule has 0 radical (unpaired) electrons. The van der Waals surface area contributed by atoms with Crippen molar-refractivity contribution in [1.29, 1.82) is 0 Å². The number of aromatic nitrogens is 2. The number of amides is 1. The number of hydrogen-bond donors (Lipinski definition) is 2. The van der Waals surface area contributed by atoms with Crippen LogP contribution in [0.5, 0.6) is 0 Å². The van der Waals surface area contributed by atoms with Gasteiger partial charge in [0.05, 0.1) is 12.7 Å². The van der Waals surface area contributed by atoms with Crippen LogP contribution in [0, 0.1) is 5.92 Å². The number of anilines is 1. The number of carbonyl (C=O) groups is 1. The van der Waals surface area contributed by atoms with Crippen molar-refractivity contribution in [2.45, 2.75) is 31.8 Å². The number of nitrogens with one attached hydrogen (secondary N) is 1. The molecule has 0 saturated heterocycles. The molecule has 2 unspecified atom stereocenters. The monoisotopic (exact) mass is 388 g/mol. The van der Waals surface area contributed by atoms with Crippen LogP contribution in [-0.2, 0) is 11.3 Å². The van der Waals surface area contributed by atoms with Crippen molar-refractivity contribution in [2.75, 3.05) is 5.32 Å². The van der Waals surface area contributed by atoms with Crippen LogP contribution in [0.2, 0.25) is 10.0 Å². The lowest BCUT2D eigenvalue weighted by Crippen LogP contribution is -2.24. The normalized spacial score (nSPS) is 19.8. The highest BCUT2D eigenvalue weighted by atomic mass is 35.5. The highest BCUT2D eigenvalue weighted by Gasteiger charge is 2.28. The number of halogens is 3. The molecule has 1 aliphatic rings. The molecule has 3 N–H and O–H groups in total. The molecule has 8 heteroatoms. The molecule has 1 saturated carbocycles. The van der Waals surface area contributed by atoms with E-state index in [1.165, 1.54) is 0 Å². The second-order valence-electron chi connectivity index (χ2n) is 5.83. The summed E-state index contributed by atoms with van der Waals surface area (Å²) in [5.41, 5.74) is 6.65. The zero-order valence-corrected chi connectivity index (χ0v) is 15.2. The van der Waals surface area contributed by atoms with Gasteiger partial charge in [0.25, 0.3) is 0 Å². The van der Waals surface area contributed by atoms with Gasteiger partial charge in [0, 0.05) is 33.6 Å². The topological polar surface area (TPSA) is 72.9 Å². The highest BCUT2D eigenvalue weighted by Crippen LogP contribution is 2.27. The van der Waals surface area contributed by atoms with Crippen LogP contribution in [0.25, 0.3) is 0 Å². The van der Waals surface area contributed by atoms with E-state index in [0.717, 1.165) is 24.8 Å². The van der Waals surface area contributed by atoms with Gasteiger partial charge in [-0.25, -0.2) is 4.68 Å². The third-order valence-electron chi connectivity index (χ3n) is 4.18. The molecule has 2 atom stereocenters. The van der Waals surface area contributed by atoms with Crippen molar-refractivity contribution >= 4 is 47.3 Å². The number of hydrogen-bond acceptors (Lipinski definition) is 3. The van der Waals surface area contributed by atoms with Gasteiger partial charge >= 0.3 is 0 Å². The first-order chi connectivity index (χ1) is 11.0. The molecule has 24 heavy (non-hydrogen) atoms. The maximum atomic E-state index is 12.3. The summed E-state index contributed by atoms with van der Waals surface area (Å²) >= 11 is 12.4. The maximum absolute atomic E-state index is 12.3. The SMILES string of the molecule is Cl.NC1CCC(C(=O)Nc2ccnn2Cc2c(Cl)cccc2Cl)C1. The third kappa shape index (κ3) is 4.22. The van der Waals surface area contributed by atoms with Crippen LogP contribution >= 0.6 is 35.6 Å². The average Bonchev–Trinajstić information content (AvgIpc) is 3.12. The molecular formula is C16H19Cl3N4O. The fraction of sp³-hybridized carbons (Fsp3) is 0.375. The van der Waals surface area contributed by atoms with Gasteiger partial charge < -0.3 is 11.1 Å². The summed E-state index contributed by atoms with van der Waals surface area (Å²) in [5.74, 6) is 0.591. The molecule has 0 bridgehead atoms. The summed E-state index contributed by atoms with van der Waals surface area (Å²) in [7, 11) is 0. The second kappa shape index (κ2) is 8.21. The summed E-state index contributed by atoms with van der Waals surface area (Å²) in [6.45, 7) is 0.394. The molecule has 0 aliphatic heterocycles. The van der Waals surface area contributed by atoms with E-state index in [2.05, 4.69) is 10.4 Å². The first kappa shape index (κ1) is 19.1. The Morgan fingerprint density at radius 1 is 1.29 bits per heavy atom. The van der Waals surface area contributed by atoms with Crippen LogP contribution in [-0.4, -0.2) is 21.7 Å². The summed E-state index contributed by atoms with van der Waals surface area (Å²) in [4.78, 5) is 12.3. The van der Waals surface area contributed by atoms with Gasteiger partial charge in [0.2, 0.25) is 5.91 Å². The molecule has 1 aromatic heterocycles. The predicted molar refractivity (Wildman–Crippen MR) is 99.0 cm³/mol. The fourth-order valence-corrected chi connectivity index (χ4v) is 3.40. The van der Waals surface area contributed by atoms with Gasteiger partial charge in [0.15, 0.2) is 0 Å². The molecule has 2 aromatic rings. The molecular weight excluding hydrogens is 371 g/mol. The Labute approximate surface area is 156 Å². The largest absolute Gasteiger partial charge is 0.328 e. The van der Waals surface area contributed by atoms with Crippen LogP contribution in [0.15, 0.2) is 30.5 Å². The molecule has 130 valence electrons. The number of nitrogens with two attached hydrogens (primary N) is 1. The van der Waals surface area contributed by atoms with Gasteiger partial charge in [-0.15, -0.1) is 12.4 Å². The summed E-state index contributed by atoms with van der Waals surface area (Å²) < 4.78 is 1.68. The number of benzene rings is 1. The lowest BCUT2D eigenvalue weighted by Gasteiger charge is -2.13. The van der Waals surface area contributed by atoms with E-state index in [4.69, 9.17) is 28.9 Å². The van der Waals surface area contributed by atoms with Gasteiger partial charge in [0.1, 0.15) is 5.82 Å². The number of rotatable bonds is 4. The van der Waals surface area contributed by atoms with E-state index in [-0.39, 0.29) is 30.3 Å². The number of nitrogens with zero attached hydrogens (tertiary/aromatic N) is 2. The standard InChI is InChI=1S/C16H18Cl2N4O.ClH/c17-13-2-1-3-14(18)12(13)9-22-15(6-7-20-22)21-16(23)10-4-5-11(19)8-10;/h1-3,6-7,10-11H,4-5,8-9,19H2,(H,21,23);1H. The van der Waals surface area contributed by atoms with Crippen molar-refractivity contribution in [3.63, 3.8) is 0 Å². The van der Waals surface area contributed by atoms with Crippen LogP contribution in [0.3, 0.4) is 0 Å². The fourth-order valence-electron chi connectivity index (χ4n) is 2.88. The van der Waals surface area contributed by atoms with Gasteiger partial charge in [-0.1, -0.05) is 29.3 Å². The zero-order valence-electron chi connectivity index (χ0n) is 12.9. The highest BCUT2D eigenvalue weighted by molar-refractivity contribution is 6.35. The zero-order chi connectivity index (χ0) is 16.4. The summed E-state index contributed by atoms with van der Waals surface area (Å²) in [6.07, 6.45) is 4.10. The minimum atomic E-state index is -0.0303. The molecule has 1 heterocycles. The predicted octanol–water partition coefficient (Wildman–Crippen LogP) is 3.73. The van der Waals surface area contributed by atoms with Gasteiger partial charge in [-0.3, -0.25) is 4.79 Å². The van der Waals surface area contributed by atoms with E-state index in [0.29, 0.717) is 22.4 Å². The Bertz CT molecular complexity index is 699. The van der Waals surface area contributed by atoms with Crippen molar-refractivity contribution in [1.82, 2.24) is 9.78 Å². The Hall–Kier alpha value is -1.27. The van der Waals surface area contributed by atoms with E-state index in [1.54, 1.807) is 35.1 Å². The molecule has 1 aromatic carbocycles. The van der Waals surface area contributed by atoms with Crippen molar-refractivity contribution in [3.05, 3.63) is 46.1 Å². The van der Waals surface area contributed by atoms with E-state index in [9.17, 15) is 4.79 Å². The first-order valence-electron chi connectivity index (χ1n) is 7.55. The van der Waals surface area contributed by atoms with Crippen LogP contribution in [0.1, 0.15) is 24.8 Å². The lowest BCUT2D eigenvalue weighted by atomic mass is 10.1. The minimum absolute atomic E-state index is 0. The van der Waals surface area contributed by atoms with Crippen molar-refractivity contribution in [2.24, 2.45) is 11.7 Å². The molecule has 0 spiro atoms. The van der Waals surface area contributed by atoms with Crippen LogP contribution in [0.4, 0.5) is 5.82 Å². The third-order valence-corrected chi connectivity index (χ3v) is 4.89. The maximum Gasteiger partial charge on any atom is 0.228 e. The Morgan fingerprint density at radius 2 is 2.00 bits per heavy atom. The molecule has 5 nitrogen and oxygen atoms in total. The summed E-state index contributed by atoms with van der Waals surface area (Å²) in [6, 6.07) is 7.24. The number of carbonyl (C=O) groups excluding carboxylic acids is 1. The quantitative estimate of drug-likeness (QED) is 0.837. The van der Waals surface area contributed by atoms with Gasteiger partial charge in [-0.05, 0) is 31.4 Å². The smallest absolute Gasteiger partial charge is 0.228 e. The van der Waals surface area contributed by atoms with E-state index >= 15 is 0 Å². The van der Waals surface area contributed by atoms with Crippen LogP contribution < -0.4 is 11.1 Å². The molecule has 1 fully saturated rings. The first-order valence-corrected chi connectivity index (χ1v) is 8.31. The van der Waals surface area contributed by atoms with E-state index in [1.807, 2.05) is 0 Å². The Morgan fingerprint density at radius 3 is 2.62 bits per heavy atom.